The molecule has 1 aliphatic rings. The Bertz CT molecular complexity index is 1360. The van der Waals surface area contributed by atoms with Gasteiger partial charge in [0, 0.05) is 24.0 Å². The summed E-state index contributed by atoms with van der Waals surface area (Å²) in [5.41, 5.74) is 2.80. The molecule has 2 heterocycles. The maximum Gasteiger partial charge on any atom is 0.253 e. The Labute approximate surface area is 213 Å². The molecule has 0 spiro atoms. The number of rotatable bonds is 9. The first-order valence-corrected chi connectivity index (χ1v) is 12.8. The standard InChI is InChI=1S/C27H26N6O2S/c1-18(19-8-3-2-4-9-19)29-26(35)22-11-5-6-12-23(22)30-24(34)17-36-27-32-31-25(33(27)21-13-14-21)20-10-7-15-28-16-20/h2-12,15-16,18,21H,13-14,17H2,1H3,(H,29,35)(H,30,34)/t18-/m0/s1. The van der Waals surface area contributed by atoms with Crippen LogP contribution in [0.15, 0.2) is 84.3 Å². The third kappa shape index (κ3) is 5.46. The van der Waals surface area contributed by atoms with E-state index in [9.17, 15) is 9.59 Å². The van der Waals surface area contributed by atoms with Crippen molar-refractivity contribution < 1.29 is 9.59 Å². The Hall–Kier alpha value is -3.98. The van der Waals surface area contributed by atoms with Crippen molar-refractivity contribution >= 4 is 29.3 Å². The van der Waals surface area contributed by atoms with Gasteiger partial charge in [0.1, 0.15) is 0 Å². The minimum Gasteiger partial charge on any atom is -0.345 e. The first-order chi connectivity index (χ1) is 17.6. The summed E-state index contributed by atoms with van der Waals surface area (Å²) >= 11 is 1.34. The van der Waals surface area contributed by atoms with E-state index in [0.717, 1.165) is 29.8 Å². The van der Waals surface area contributed by atoms with Crippen LogP contribution in [-0.4, -0.2) is 37.3 Å². The monoisotopic (exact) mass is 498 g/mol. The first-order valence-electron chi connectivity index (χ1n) is 11.8. The fourth-order valence-electron chi connectivity index (χ4n) is 3.94. The van der Waals surface area contributed by atoms with E-state index in [4.69, 9.17) is 0 Å². The lowest BCUT2D eigenvalue weighted by molar-refractivity contribution is -0.113. The van der Waals surface area contributed by atoms with Crippen molar-refractivity contribution in [3.63, 3.8) is 0 Å². The smallest absolute Gasteiger partial charge is 0.253 e. The van der Waals surface area contributed by atoms with Gasteiger partial charge in [0.15, 0.2) is 11.0 Å². The number of anilines is 1. The summed E-state index contributed by atoms with van der Waals surface area (Å²) in [6, 6.07) is 20.8. The zero-order chi connectivity index (χ0) is 24.9. The summed E-state index contributed by atoms with van der Waals surface area (Å²) in [4.78, 5) is 30.0. The average molecular weight is 499 g/mol. The molecule has 0 radical (unpaired) electrons. The van der Waals surface area contributed by atoms with Gasteiger partial charge < -0.3 is 10.6 Å². The molecule has 1 aliphatic carbocycles. The van der Waals surface area contributed by atoms with E-state index in [1.165, 1.54) is 11.8 Å². The summed E-state index contributed by atoms with van der Waals surface area (Å²) in [7, 11) is 0. The Morgan fingerprint density at radius 3 is 2.56 bits per heavy atom. The van der Waals surface area contributed by atoms with Gasteiger partial charge >= 0.3 is 0 Å². The van der Waals surface area contributed by atoms with Crippen LogP contribution >= 0.6 is 11.8 Å². The van der Waals surface area contributed by atoms with Crippen LogP contribution in [0.4, 0.5) is 5.69 Å². The molecule has 0 aliphatic heterocycles. The largest absolute Gasteiger partial charge is 0.345 e. The van der Waals surface area contributed by atoms with Crippen LogP contribution in [0, 0.1) is 0 Å². The van der Waals surface area contributed by atoms with Gasteiger partial charge in [-0.3, -0.25) is 19.1 Å². The second kappa shape index (κ2) is 10.7. The second-order valence-electron chi connectivity index (χ2n) is 8.64. The molecule has 8 nitrogen and oxygen atoms in total. The van der Waals surface area contributed by atoms with Crippen molar-refractivity contribution in [1.29, 1.82) is 0 Å². The van der Waals surface area contributed by atoms with Gasteiger partial charge in [-0.05, 0) is 49.6 Å². The first kappa shape index (κ1) is 23.7. The average Bonchev–Trinajstić information content (AvgIpc) is 3.67. The zero-order valence-corrected chi connectivity index (χ0v) is 20.6. The number of amides is 2. The summed E-state index contributed by atoms with van der Waals surface area (Å²) < 4.78 is 2.10. The Kier molecular flexibility index (Phi) is 7.08. The fourth-order valence-corrected chi connectivity index (χ4v) is 4.74. The predicted molar refractivity (Wildman–Crippen MR) is 140 cm³/mol. The van der Waals surface area contributed by atoms with E-state index in [1.54, 1.807) is 36.7 Å². The Morgan fingerprint density at radius 2 is 1.81 bits per heavy atom. The summed E-state index contributed by atoms with van der Waals surface area (Å²) in [5.74, 6) is 0.450. The minimum atomic E-state index is -0.246. The van der Waals surface area contributed by atoms with Crippen molar-refractivity contribution in [3.8, 4) is 11.4 Å². The molecule has 182 valence electrons. The number of para-hydroxylation sites is 1. The van der Waals surface area contributed by atoms with Crippen LogP contribution < -0.4 is 10.6 Å². The van der Waals surface area contributed by atoms with Crippen LogP contribution in [0.25, 0.3) is 11.4 Å². The lowest BCUT2D eigenvalue weighted by Crippen LogP contribution is -2.28. The molecule has 0 bridgehead atoms. The zero-order valence-electron chi connectivity index (χ0n) is 19.8. The Balaban J connectivity index is 1.25. The molecule has 1 saturated carbocycles. The van der Waals surface area contributed by atoms with E-state index >= 15 is 0 Å². The highest BCUT2D eigenvalue weighted by molar-refractivity contribution is 7.99. The van der Waals surface area contributed by atoms with Gasteiger partial charge in [0.2, 0.25) is 5.91 Å². The van der Waals surface area contributed by atoms with Crippen LogP contribution in [0.2, 0.25) is 0 Å². The normalized spacial score (nSPS) is 13.7. The lowest BCUT2D eigenvalue weighted by Gasteiger charge is -2.16. The highest BCUT2D eigenvalue weighted by Crippen LogP contribution is 2.41. The number of carbonyl (C=O) groups excluding carboxylic acids is 2. The summed E-state index contributed by atoms with van der Waals surface area (Å²) in [6.07, 6.45) is 5.62. The van der Waals surface area contributed by atoms with E-state index in [-0.39, 0.29) is 23.6 Å². The molecule has 9 heteroatoms. The second-order valence-corrected chi connectivity index (χ2v) is 9.58. The van der Waals surface area contributed by atoms with Crippen LogP contribution in [0.5, 0.6) is 0 Å². The van der Waals surface area contributed by atoms with Gasteiger partial charge in [-0.25, -0.2) is 0 Å². The molecule has 0 unspecified atom stereocenters. The van der Waals surface area contributed by atoms with Gasteiger partial charge in [-0.1, -0.05) is 54.2 Å². The summed E-state index contributed by atoms with van der Waals surface area (Å²) in [5, 5.41) is 15.3. The van der Waals surface area contributed by atoms with Crippen molar-refractivity contribution in [2.45, 2.75) is 37.0 Å². The van der Waals surface area contributed by atoms with Gasteiger partial charge in [-0.2, -0.15) is 0 Å². The highest BCUT2D eigenvalue weighted by atomic mass is 32.2. The van der Waals surface area contributed by atoms with Gasteiger partial charge in [0.05, 0.1) is 23.0 Å². The fraction of sp³-hybridized carbons (Fsp3) is 0.222. The lowest BCUT2D eigenvalue weighted by atomic mass is 10.1. The molecule has 2 amide bonds. The topological polar surface area (TPSA) is 102 Å². The van der Waals surface area contributed by atoms with E-state index in [1.807, 2.05) is 49.4 Å². The van der Waals surface area contributed by atoms with Gasteiger partial charge in [0.25, 0.3) is 5.91 Å². The number of hydrogen-bond donors (Lipinski definition) is 2. The number of nitrogens with one attached hydrogen (secondary N) is 2. The Morgan fingerprint density at radius 1 is 1.03 bits per heavy atom. The van der Waals surface area contributed by atoms with Crippen molar-refractivity contribution in [2.75, 3.05) is 11.1 Å². The maximum absolute atomic E-state index is 13.0. The number of aromatic nitrogens is 4. The van der Waals surface area contributed by atoms with E-state index in [2.05, 4.69) is 30.4 Å². The molecule has 36 heavy (non-hydrogen) atoms. The predicted octanol–water partition coefficient (Wildman–Crippen LogP) is 4.90. The number of pyridine rings is 1. The molecule has 5 rings (SSSR count). The van der Waals surface area contributed by atoms with Crippen LogP contribution in [0.1, 0.15) is 47.8 Å². The third-order valence-corrected chi connectivity index (χ3v) is 6.86. The van der Waals surface area contributed by atoms with Crippen molar-refractivity contribution in [3.05, 3.63) is 90.3 Å². The number of hydrogen-bond acceptors (Lipinski definition) is 6. The number of benzene rings is 2. The van der Waals surface area contributed by atoms with Crippen molar-refractivity contribution in [2.24, 2.45) is 0 Å². The number of thioether (sulfide) groups is 1. The highest BCUT2D eigenvalue weighted by Gasteiger charge is 2.30. The molecular weight excluding hydrogens is 472 g/mol. The number of carbonyl (C=O) groups is 2. The summed E-state index contributed by atoms with van der Waals surface area (Å²) in [6.45, 7) is 1.93. The molecule has 4 aromatic rings. The molecule has 1 fully saturated rings. The molecule has 0 saturated heterocycles. The quantitative estimate of drug-likeness (QED) is 0.319. The molecule has 2 N–H and O–H groups in total. The number of nitrogens with zero attached hydrogens (tertiary/aromatic N) is 4. The van der Waals surface area contributed by atoms with Crippen LogP contribution in [-0.2, 0) is 4.79 Å². The maximum atomic E-state index is 13.0. The third-order valence-electron chi connectivity index (χ3n) is 5.92. The molecular formula is C27H26N6O2S. The molecule has 1 atom stereocenters. The van der Waals surface area contributed by atoms with Crippen LogP contribution in [0.3, 0.4) is 0 Å². The van der Waals surface area contributed by atoms with E-state index in [0.29, 0.717) is 22.4 Å². The molecule has 2 aromatic carbocycles. The van der Waals surface area contributed by atoms with Gasteiger partial charge in [-0.15, -0.1) is 10.2 Å². The SMILES string of the molecule is C[C@H](NC(=O)c1ccccc1NC(=O)CSc1nnc(-c2cccnc2)n1C1CC1)c1ccccc1. The molecule has 2 aromatic heterocycles. The van der Waals surface area contributed by atoms with E-state index < -0.39 is 0 Å². The minimum absolute atomic E-state index is 0.147. The van der Waals surface area contributed by atoms with Crippen molar-refractivity contribution in [1.82, 2.24) is 25.1 Å².